The highest BCUT2D eigenvalue weighted by atomic mass is 16.2. The second-order valence-corrected chi connectivity index (χ2v) is 7.86. The first kappa shape index (κ1) is 19.6. The fourth-order valence-electron chi connectivity index (χ4n) is 3.90. The Labute approximate surface area is 163 Å². The molecule has 1 amide bonds. The highest BCUT2D eigenvalue weighted by Gasteiger charge is 2.24. The predicted octanol–water partition coefficient (Wildman–Crippen LogP) is 5.69. The van der Waals surface area contributed by atoms with Crippen molar-refractivity contribution in [3.63, 3.8) is 0 Å². The van der Waals surface area contributed by atoms with Crippen LogP contribution in [0.15, 0.2) is 48.5 Å². The number of benzene rings is 2. The number of aryl methyl sites for hydroxylation is 2. The summed E-state index contributed by atoms with van der Waals surface area (Å²) < 4.78 is 0. The van der Waals surface area contributed by atoms with E-state index in [1.165, 1.54) is 32.1 Å². The molecule has 1 fully saturated rings. The van der Waals surface area contributed by atoms with E-state index in [1.54, 1.807) is 0 Å². The van der Waals surface area contributed by atoms with Gasteiger partial charge in [-0.25, -0.2) is 0 Å². The van der Waals surface area contributed by atoms with E-state index < -0.39 is 0 Å². The summed E-state index contributed by atoms with van der Waals surface area (Å²) in [5, 5.41) is 6.85. The molecule has 27 heavy (non-hydrogen) atoms. The van der Waals surface area contributed by atoms with E-state index in [2.05, 4.69) is 29.7 Å². The highest BCUT2D eigenvalue weighted by molar-refractivity contribution is 5.96. The van der Waals surface area contributed by atoms with Crippen LogP contribution in [0.5, 0.6) is 0 Å². The molecule has 3 heteroatoms. The molecule has 0 spiro atoms. The van der Waals surface area contributed by atoms with Gasteiger partial charge < -0.3 is 5.32 Å². The zero-order chi connectivity index (χ0) is 19.1. The molecule has 0 heterocycles. The van der Waals surface area contributed by atoms with Gasteiger partial charge in [0, 0.05) is 11.7 Å². The van der Waals surface area contributed by atoms with Crippen LogP contribution in [-0.4, -0.2) is 11.9 Å². The summed E-state index contributed by atoms with van der Waals surface area (Å²) in [6.45, 7) is 4.09. The molecular weight excluding hydrogens is 332 g/mol. The van der Waals surface area contributed by atoms with Crippen molar-refractivity contribution in [2.45, 2.75) is 70.9 Å². The molecule has 1 aliphatic rings. The summed E-state index contributed by atoms with van der Waals surface area (Å²) in [6.07, 6.45) is 8.77. The van der Waals surface area contributed by atoms with E-state index in [4.69, 9.17) is 0 Å². The van der Waals surface area contributed by atoms with Gasteiger partial charge in [0.05, 0.1) is 0 Å². The lowest BCUT2D eigenvalue weighted by Gasteiger charge is -2.27. The van der Waals surface area contributed by atoms with Gasteiger partial charge in [0.25, 0.3) is 0 Å². The Morgan fingerprint density at radius 3 is 2.30 bits per heavy atom. The lowest BCUT2D eigenvalue weighted by Crippen LogP contribution is -2.40. The van der Waals surface area contributed by atoms with Gasteiger partial charge in [-0.1, -0.05) is 74.6 Å². The maximum atomic E-state index is 13.2. The lowest BCUT2D eigenvalue weighted by atomic mass is 9.95. The minimum atomic E-state index is -0.324. The lowest BCUT2D eigenvalue weighted by molar-refractivity contribution is -0.118. The van der Waals surface area contributed by atoms with Crippen LogP contribution in [0.25, 0.3) is 0 Å². The quantitative estimate of drug-likeness (QED) is 0.716. The Balaban J connectivity index is 1.78. The van der Waals surface area contributed by atoms with Crippen molar-refractivity contribution in [3.8, 4) is 0 Å². The van der Waals surface area contributed by atoms with Gasteiger partial charge in [-0.3, -0.25) is 10.1 Å². The average molecular weight is 365 g/mol. The summed E-state index contributed by atoms with van der Waals surface area (Å²) in [5.41, 5.74) is 4.18. The topological polar surface area (TPSA) is 41.1 Å². The smallest absolute Gasteiger partial charge is 0.246 e. The standard InChI is InChI=1S/C24H32N2O/c1-18-15-16-19(2)22(17-18)26-24(27)23(20-11-7-6-8-12-20)25-21-13-9-4-3-5-10-14-21/h6-8,11-12,15-17,21,23,25H,3-5,9-10,13-14H2,1-2H3,(H,26,27)/t23-/m0/s1. The van der Waals surface area contributed by atoms with Gasteiger partial charge in [-0.05, 0) is 49.4 Å². The van der Waals surface area contributed by atoms with Crippen molar-refractivity contribution in [1.29, 1.82) is 0 Å². The first-order valence-corrected chi connectivity index (χ1v) is 10.3. The summed E-state index contributed by atoms with van der Waals surface area (Å²) in [4.78, 5) is 13.2. The molecule has 1 saturated carbocycles. The molecule has 3 rings (SSSR count). The first-order chi connectivity index (χ1) is 13.1. The Morgan fingerprint density at radius 2 is 1.59 bits per heavy atom. The number of amides is 1. The number of nitrogens with one attached hydrogen (secondary N) is 2. The molecule has 3 nitrogen and oxygen atoms in total. The van der Waals surface area contributed by atoms with Gasteiger partial charge >= 0.3 is 0 Å². The molecule has 0 bridgehead atoms. The molecule has 0 unspecified atom stereocenters. The van der Waals surface area contributed by atoms with E-state index in [0.717, 1.165) is 35.2 Å². The normalized spacial score (nSPS) is 17.0. The number of carbonyl (C=O) groups excluding carboxylic acids is 1. The molecule has 2 aromatic rings. The Kier molecular flexibility index (Phi) is 7.05. The maximum absolute atomic E-state index is 13.2. The third kappa shape index (κ3) is 5.67. The molecule has 1 atom stereocenters. The maximum Gasteiger partial charge on any atom is 0.246 e. The second-order valence-electron chi connectivity index (χ2n) is 7.86. The van der Waals surface area contributed by atoms with E-state index >= 15 is 0 Å². The Morgan fingerprint density at radius 1 is 0.926 bits per heavy atom. The predicted molar refractivity (Wildman–Crippen MR) is 113 cm³/mol. The van der Waals surface area contributed by atoms with Gasteiger partial charge in [0.1, 0.15) is 6.04 Å². The molecule has 1 aliphatic carbocycles. The molecular formula is C24H32N2O. The average Bonchev–Trinajstić information content (AvgIpc) is 2.64. The monoisotopic (exact) mass is 364 g/mol. The van der Waals surface area contributed by atoms with Crippen LogP contribution in [0.1, 0.15) is 67.7 Å². The van der Waals surface area contributed by atoms with Crippen molar-refractivity contribution < 1.29 is 4.79 Å². The molecule has 0 aliphatic heterocycles. The summed E-state index contributed by atoms with van der Waals surface area (Å²) in [7, 11) is 0. The number of rotatable bonds is 5. The van der Waals surface area contributed by atoms with Crippen molar-refractivity contribution >= 4 is 11.6 Å². The fourth-order valence-corrected chi connectivity index (χ4v) is 3.90. The SMILES string of the molecule is Cc1ccc(C)c(NC(=O)[C@@H](NC2CCCCCCC2)c2ccccc2)c1. The van der Waals surface area contributed by atoms with Crippen LogP contribution in [-0.2, 0) is 4.79 Å². The van der Waals surface area contributed by atoms with Crippen molar-refractivity contribution in [3.05, 3.63) is 65.2 Å². The van der Waals surface area contributed by atoms with Crippen LogP contribution < -0.4 is 10.6 Å². The third-order valence-corrected chi connectivity index (χ3v) is 5.55. The minimum absolute atomic E-state index is 0.0250. The van der Waals surface area contributed by atoms with Crippen LogP contribution >= 0.6 is 0 Å². The molecule has 0 saturated heterocycles. The summed E-state index contributed by atoms with van der Waals surface area (Å²) in [5.74, 6) is 0.0250. The van der Waals surface area contributed by atoms with Gasteiger partial charge in [-0.2, -0.15) is 0 Å². The van der Waals surface area contributed by atoms with E-state index in [0.29, 0.717) is 6.04 Å². The van der Waals surface area contributed by atoms with E-state index in [9.17, 15) is 4.79 Å². The molecule has 2 N–H and O–H groups in total. The van der Waals surface area contributed by atoms with Crippen LogP contribution in [0, 0.1) is 13.8 Å². The molecule has 0 aromatic heterocycles. The third-order valence-electron chi connectivity index (χ3n) is 5.55. The molecule has 144 valence electrons. The molecule has 0 radical (unpaired) electrons. The van der Waals surface area contributed by atoms with Gasteiger partial charge in [0.15, 0.2) is 0 Å². The van der Waals surface area contributed by atoms with Crippen molar-refractivity contribution in [1.82, 2.24) is 5.32 Å². The highest BCUT2D eigenvalue weighted by Crippen LogP contribution is 2.23. The largest absolute Gasteiger partial charge is 0.324 e. The summed E-state index contributed by atoms with van der Waals surface area (Å²) >= 11 is 0. The van der Waals surface area contributed by atoms with E-state index in [-0.39, 0.29) is 11.9 Å². The van der Waals surface area contributed by atoms with Crippen LogP contribution in [0.3, 0.4) is 0 Å². The van der Waals surface area contributed by atoms with Crippen molar-refractivity contribution in [2.75, 3.05) is 5.32 Å². The summed E-state index contributed by atoms with van der Waals surface area (Å²) in [6, 6.07) is 16.4. The number of hydrogen-bond donors (Lipinski definition) is 2. The Hall–Kier alpha value is -2.13. The van der Waals surface area contributed by atoms with Crippen molar-refractivity contribution in [2.24, 2.45) is 0 Å². The molecule has 2 aromatic carbocycles. The second kappa shape index (κ2) is 9.70. The fraction of sp³-hybridized carbons (Fsp3) is 0.458. The number of hydrogen-bond acceptors (Lipinski definition) is 2. The number of anilines is 1. The number of carbonyl (C=O) groups is 1. The van der Waals surface area contributed by atoms with E-state index in [1.807, 2.05) is 43.3 Å². The van der Waals surface area contributed by atoms with Crippen LogP contribution in [0.2, 0.25) is 0 Å². The zero-order valence-electron chi connectivity index (χ0n) is 16.6. The Bertz CT molecular complexity index is 733. The minimum Gasteiger partial charge on any atom is -0.324 e. The zero-order valence-corrected chi connectivity index (χ0v) is 16.6. The first-order valence-electron chi connectivity index (χ1n) is 10.3. The van der Waals surface area contributed by atoms with Gasteiger partial charge in [0.2, 0.25) is 5.91 Å². The van der Waals surface area contributed by atoms with Gasteiger partial charge in [-0.15, -0.1) is 0 Å². The van der Waals surface area contributed by atoms with Crippen LogP contribution in [0.4, 0.5) is 5.69 Å².